The average Bonchev–Trinajstić information content (AvgIpc) is 2.70. The quantitative estimate of drug-likeness (QED) is 0.656. The van der Waals surface area contributed by atoms with Crippen molar-refractivity contribution in [2.24, 2.45) is 0 Å². The molecule has 2 nitrogen and oxygen atoms in total. The standard InChI is InChI=1S/C20H16.2C2H7N/c1-4-10-17(11-5-1)16-20(18-12-6-2-7-13-18)19-14-8-3-9-15-19;2*1-3-2/h1-16H;2*3H,1-2H3. The van der Waals surface area contributed by atoms with Crippen LogP contribution in [0.3, 0.4) is 0 Å². The molecule has 0 saturated heterocycles. The zero-order chi connectivity index (χ0) is 19.0. The monoisotopic (exact) mass is 346 g/mol. The number of nitrogens with one attached hydrogen (secondary N) is 2. The molecule has 0 radical (unpaired) electrons. The van der Waals surface area contributed by atoms with Gasteiger partial charge in [0.05, 0.1) is 0 Å². The van der Waals surface area contributed by atoms with E-state index in [0.29, 0.717) is 0 Å². The molecule has 0 heterocycles. The molecule has 3 rings (SSSR count). The molecule has 2 N–H and O–H groups in total. The molecule has 0 aliphatic carbocycles. The van der Waals surface area contributed by atoms with Crippen LogP contribution in [-0.2, 0) is 0 Å². The van der Waals surface area contributed by atoms with Crippen molar-refractivity contribution in [3.05, 3.63) is 108 Å². The Kier molecular flexibility index (Phi) is 11.2. The fourth-order valence-corrected chi connectivity index (χ4v) is 2.28. The Morgan fingerprint density at radius 3 is 1.19 bits per heavy atom. The topological polar surface area (TPSA) is 24.1 Å². The summed E-state index contributed by atoms with van der Waals surface area (Å²) in [5.41, 5.74) is 4.94. The molecule has 2 heteroatoms. The normalized spacial score (nSPS) is 9.08. The molecule has 136 valence electrons. The van der Waals surface area contributed by atoms with Gasteiger partial charge >= 0.3 is 0 Å². The van der Waals surface area contributed by atoms with Crippen molar-refractivity contribution < 1.29 is 0 Å². The molecule has 0 atom stereocenters. The van der Waals surface area contributed by atoms with Crippen molar-refractivity contribution >= 4 is 11.6 Å². The summed E-state index contributed by atoms with van der Waals surface area (Å²) >= 11 is 0. The highest BCUT2D eigenvalue weighted by atomic mass is 14.7. The predicted octanol–water partition coefficient (Wildman–Crippen LogP) is 4.95. The molecule has 0 fully saturated rings. The first-order chi connectivity index (χ1) is 12.8. The Bertz CT molecular complexity index is 676. The van der Waals surface area contributed by atoms with E-state index in [1.165, 1.54) is 22.3 Å². The van der Waals surface area contributed by atoms with Crippen LogP contribution in [0.1, 0.15) is 16.7 Å². The number of benzene rings is 3. The molecule has 0 aliphatic heterocycles. The molecule has 0 amide bonds. The van der Waals surface area contributed by atoms with E-state index in [2.05, 4.69) is 102 Å². The van der Waals surface area contributed by atoms with Crippen LogP contribution in [0.25, 0.3) is 11.6 Å². The molecular formula is C24H30N2. The minimum atomic E-state index is 1.22. The third-order valence-corrected chi connectivity index (χ3v) is 3.28. The summed E-state index contributed by atoms with van der Waals surface area (Å²) in [6, 6.07) is 31.5. The maximum Gasteiger partial charge on any atom is -0.0105 e. The van der Waals surface area contributed by atoms with Gasteiger partial charge in [-0.3, -0.25) is 0 Å². The summed E-state index contributed by atoms with van der Waals surface area (Å²) in [5, 5.41) is 5.50. The highest BCUT2D eigenvalue weighted by Crippen LogP contribution is 2.25. The SMILES string of the molecule is C(=C(c1ccccc1)c1ccccc1)c1ccccc1.CNC.CNC. The molecular weight excluding hydrogens is 316 g/mol. The van der Waals surface area contributed by atoms with Gasteiger partial charge in [0, 0.05) is 0 Å². The Balaban J connectivity index is 0.000000499. The van der Waals surface area contributed by atoms with E-state index in [0.717, 1.165) is 0 Å². The van der Waals surface area contributed by atoms with Gasteiger partial charge in [-0.15, -0.1) is 0 Å². The van der Waals surface area contributed by atoms with Crippen LogP contribution >= 0.6 is 0 Å². The number of rotatable bonds is 3. The van der Waals surface area contributed by atoms with E-state index in [1.54, 1.807) is 0 Å². The molecule has 0 aliphatic rings. The van der Waals surface area contributed by atoms with Gasteiger partial charge in [0.2, 0.25) is 0 Å². The third kappa shape index (κ3) is 7.93. The molecule has 3 aromatic carbocycles. The van der Waals surface area contributed by atoms with E-state index >= 15 is 0 Å². The first-order valence-corrected chi connectivity index (χ1v) is 8.81. The minimum absolute atomic E-state index is 1.22. The smallest absolute Gasteiger partial charge is 0.0105 e. The second-order valence-electron chi connectivity index (χ2n) is 5.70. The molecule has 0 aromatic heterocycles. The summed E-state index contributed by atoms with van der Waals surface area (Å²) in [6.07, 6.45) is 2.24. The molecule has 0 spiro atoms. The van der Waals surface area contributed by atoms with Crippen molar-refractivity contribution in [2.75, 3.05) is 28.2 Å². The van der Waals surface area contributed by atoms with Gasteiger partial charge in [-0.2, -0.15) is 0 Å². The predicted molar refractivity (Wildman–Crippen MR) is 116 cm³/mol. The lowest BCUT2D eigenvalue weighted by Gasteiger charge is -2.08. The lowest BCUT2D eigenvalue weighted by atomic mass is 9.96. The van der Waals surface area contributed by atoms with Gasteiger partial charge < -0.3 is 10.6 Å². The molecule has 0 unspecified atom stereocenters. The molecule has 0 bridgehead atoms. The van der Waals surface area contributed by atoms with E-state index in [1.807, 2.05) is 34.3 Å². The summed E-state index contributed by atoms with van der Waals surface area (Å²) in [5.74, 6) is 0. The Morgan fingerprint density at radius 1 is 0.538 bits per heavy atom. The zero-order valence-electron chi connectivity index (χ0n) is 16.2. The largest absolute Gasteiger partial charge is 0.323 e. The first kappa shape index (κ1) is 21.4. The Hall–Kier alpha value is -2.68. The van der Waals surface area contributed by atoms with Gasteiger partial charge in [0.15, 0.2) is 0 Å². The van der Waals surface area contributed by atoms with Gasteiger partial charge in [0.25, 0.3) is 0 Å². The second-order valence-corrected chi connectivity index (χ2v) is 5.70. The van der Waals surface area contributed by atoms with Crippen molar-refractivity contribution in [3.63, 3.8) is 0 Å². The van der Waals surface area contributed by atoms with Gasteiger partial charge in [-0.25, -0.2) is 0 Å². The Morgan fingerprint density at radius 2 is 0.846 bits per heavy atom. The summed E-state index contributed by atoms with van der Waals surface area (Å²) in [4.78, 5) is 0. The lowest BCUT2D eigenvalue weighted by molar-refractivity contribution is 1.02. The third-order valence-electron chi connectivity index (χ3n) is 3.28. The molecule has 0 saturated carbocycles. The van der Waals surface area contributed by atoms with Gasteiger partial charge in [-0.05, 0) is 56.5 Å². The highest BCUT2D eigenvalue weighted by Gasteiger charge is 2.04. The fourth-order valence-electron chi connectivity index (χ4n) is 2.28. The van der Waals surface area contributed by atoms with Crippen molar-refractivity contribution in [1.29, 1.82) is 0 Å². The number of hydrogen-bond acceptors (Lipinski definition) is 2. The summed E-state index contributed by atoms with van der Waals surface area (Å²) in [6.45, 7) is 0. The second kappa shape index (κ2) is 13.6. The van der Waals surface area contributed by atoms with Crippen LogP contribution in [-0.4, -0.2) is 28.2 Å². The van der Waals surface area contributed by atoms with Crippen LogP contribution in [0.5, 0.6) is 0 Å². The highest BCUT2D eigenvalue weighted by molar-refractivity contribution is 5.91. The Labute approximate surface area is 158 Å². The van der Waals surface area contributed by atoms with Crippen molar-refractivity contribution in [1.82, 2.24) is 10.6 Å². The minimum Gasteiger partial charge on any atom is -0.323 e. The average molecular weight is 347 g/mol. The van der Waals surface area contributed by atoms with Crippen LogP contribution in [0.2, 0.25) is 0 Å². The molecule has 3 aromatic rings. The van der Waals surface area contributed by atoms with E-state index in [4.69, 9.17) is 0 Å². The van der Waals surface area contributed by atoms with Crippen molar-refractivity contribution in [3.8, 4) is 0 Å². The van der Waals surface area contributed by atoms with E-state index in [9.17, 15) is 0 Å². The van der Waals surface area contributed by atoms with Crippen LogP contribution in [0.15, 0.2) is 91.0 Å². The van der Waals surface area contributed by atoms with Crippen LogP contribution in [0.4, 0.5) is 0 Å². The number of hydrogen-bond donors (Lipinski definition) is 2. The molecule has 26 heavy (non-hydrogen) atoms. The van der Waals surface area contributed by atoms with Crippen molar-refractivity contribution in [2.45, 2.75) is 0 Å². The van der Waals surface area contributed by atoms with Gasteiger partial charge in [0.1, 0.15) is 0 Å². The fraction of sp³-hybridized carbons (Fsp3) is 0.167. The van der Waals surface area contributed by atoms with E-state index in [-0.39, 0.29) is 0 Å². The maximum atomic E-state index is 2.75. The van der Waals surface area contributed by atoms with E-state index < -0.39 is 0 Å². The van der Waals surface area contributed by atoms with Crippen LogP contribution < -0.4 is 10.6 Å². The maximum absolute atomic E-state index is 2.75. The first-order valence-electron chi connectivity index (χ1n) is 8.81. The summed E-state index contributed by atoms with van der Waals surface area (Å²) in [7, 11) is 7.50. The van der Waals surface area contributed by atoms with Crippen LogP contribution in [0, 0.1) is 0 Å². The summed E-state index contributed by atoms with van der Waals surface area (Å²) < 4.78 is 0. The lowest BCUT2D eigenvalue weighted by Crippen LogP contribution is -1.89. The van der Waals surface area contributed by atoms with Gasteiger partial charge in [-0.1, -0.05) is 91.0 Å². The zero-order valence-corrected chi connectivity index (χ0v) is 16.2.